The van der Waals surface area contributed by atoms with E-state index in [1.165, 1.54) is 6.08 Å². The molecule has 0 saturated heterocycles. The van der Waals surface area contributed by atoms with Gasteiger partial charge in [0.25, 0.3) is 5.92 Å². The summed E-state index contributed by atoms with van der Waals surface area (Å²) in [4.78, 5) is 11.4. The van der Waals surface area contributed by atoms with Crippen molar-refractivity contribution in [2.24, 2.45) is 11.8 Å². The van der Waals surface area contributed by atoms with E-state index in [0.29, 0.717) is 19.4 Å². The second kappa shape index (κ2) is 12.7. The Labute approximate surface area is 184 Å². The van der Waals surface area contributed by atoms with Gasteiger partial charge in [-0.25, -0.2) is 8.78 Å². The molecule has 1 saturated carbocycles. The van der Waals surface area contributed by atoms with E-state index in [4.69, 9.17) is 0 Å². The fraction of sp³-hybridized carbons (Fsp3) is 0.560. The Morgan fingerprint density at radius 2 is 1.94 bits per heavy atom. The molecule has 0 aliphatic heterocycles. The molecular formula is C25H35F2NO3. The van der Waals surface area contributed by atoms with Crippen molar-refractivity contribution in [2.45, 2.75) is 70.0 Å². The highest BCUT2D eigenvalue weighted by atomic mass is 19.3. The molecule has 1 aliphatic carbocycles. The van der Waals surface area contributed by atoms with Gasteiger partial charge in [0.1, 0.15) is 0 Å². The second-order valence-corrected chi connectivity index (χ2v) is 8.27. The van der Waals surface area contributed by atoms with Crippen LogP contribution in [0.3, 0.4) is 0 Å². The Morgan fingerprint density at radius 1 is 1.19 bits per heavy atom. The number of aliphatic hydroxyl groups is 2. The van der Waals surface area contributed by atoms with Gasteiger partial charge in [0.15, 0.2) is 0 Å². The van der Waals surface area contributed by atoms with Crippen molar-refractivity contribution in [1.82, 2.24) is 5.32 Å². The number of carbonyl (C=O) groups excluding carboxylic acids is 1. The number of hydrogen-bond acceptors (Lipinski definition) is 3. The lowest BCUT2D eigenvalue weighted by Gasteiger charge is -2.20. The van der Waals surface area contributed by atoms with E-state index in [9.17, 15) is 23.8 Å². The number of hydrogen-bond donors (Lipinski definition) is 3. The fourth-order valence-corrected chi connectivity index (χ4v) is 4.03. The highest BCUT2D eigenvalue weighted by Gasteiger charge is 2.40. The zero-order chi connectivity index (χ0) is 22.7. The molecule has 0 radical (unpaired) electrons. The number of benzene rings is 1. The van der Waals surface area contributed by atoms with Crippen LogP contribution in [-0.4, -0.2) is 40.8 Å². The number of amides is 1. The molecule has 6 heteroatoms. The monoisotopic (exact) mass is 435 g/mol. The molecule has 3 N–H and O–H groups in total. The Morgan fingerprint density at radius 3 is 2.65 bits per heavy atom. The maximum Gasteiger partial charge on any atom is 0.266 e. The van der Waals surface area contributed by atoms with E-state index in [1.54, 1.807) is 0 Å². The molecule has 1 fully saturated rings. The molecule has 1 aliphatic rings. The van der Waals surface area contributed by atoms with Gasteiger partial charge in [-0.15, -0.1) is 0 Å². The first-order valence-corrected chi connectivity index (χ1v) is 11.2. The van der Waals surface area contributed by atoms with Crippen molar-refractivity contribution in [3.8, 4) is 0 Å². The summed E-state index contributed by atoms with van der Waals surface area (Å²) in [6, 6.07) is 9.17. The van der Waals surface area contributed by atoms with Crippen molar-refractivity contribution in [2.75, 3.05) is 6.54 Å². The van der Waals surface area contributed by atoms with Crippen molar-refractivity contribution in [3.63, 3.8) is 0 Å². The van der Waals surface area contributed by atoms with Gasteiger partial charge in [-0.1, -0.05) is 48.6 Å². The van der Waals surface area contributed by atoms with Gasteiger partial charge in [-0.05, 0) is 50.2 Å². The molecule has 0 unspecified atom stereocenters. The van der Waals surface area contributed by atoms with Crippen molar-refractivity contribution in [1.29, 1.82) is 0 Å². The zero-order valence-corrected chi connectivity index (χ0v) is 18.2. The largest absolute Gasteiger partial charge is 0.393 e. The topological polar surface area (TPSA) is 69.6 Å². The van der Waals surface area contributed by atoms with E-state index in [0.717, 1.165) is 24.5 Å². The van der Waals surface area contributed by atoms with Gasteiger partial charge in [-0.3, -0.25) is 4.79 Å². The number of alkyl halides is 2. The van der Waals surface area contributed by atoms with Crippen LogP contribution in [0.1, 0.15) is 51.0 Å². The summed E-state index contributed by atoms with van der Waals surface area (Å²) in [6.07, 6.45) is 7.21. The summed E-state index contributed by atoms with van der Waals surface area (Å²) in [5.74, 6) is -3.74. The van der Waals surface area contributed by atoms with Crippen LogP contribution in [0, 0.1) is 11.8 Å². The first-order valence-electron chi connectivity index (χ1n) is 11.2. The summed E-state index contributed by atoms with van der Waals surface area (Å²) in [5.41, 5.74) is 0.863. The van der Waals surface area contributed by atoms with Crippen molar-refractivity contribution < 1.29 is 23.8 Å². The highest BCUT2D eigenvalue weighted by molar-refractivity contribution is 5.75. The molecule has 2 rings (SSSR count). The van der Waals surface area contributed by atoms with Gasteiger partial charge < -0.3 is 15.5 Å². The lowest BCUT2D eigenvalue weighted by molar-refractivity contribution is -0.121. The van der Waals surface area contributed by atoms with Crippen LogP contribution in [0.4, 0.5) is 8.78 Å². The molecule has 1 amide bonds. The third-order valence-corrected chi connectivity index (χ3v) is 5.79. The summed E-state index contributed by atoms with van der Waals surface area (Å²) < 4.78 is 28.7. The highest BCUT2D eigenvalue weighted by Crippen LogP contribution is 2.37. The number of aliphatic hydroxyl groups excluding tert-OH is 2. The van der Waals surface area contributed by atoms with Crippen LogP contribution in [0.25, 0.3) is 0 Å². The minimum absolute atomic E-state index is 0.0311. The molecule has 31 heavy (non-hydrogen) atoms. The van der Waals surface area contributed by atoms with Gasteiger partial charge >= 0.3 is 0 Å². The van der Waals surface area contributed by atoms with E-state index in [-0.39, 0.29) is 31.1 Å². The molecule has 1 aromatic carbocycles. The van der Waals surface area contributed by atoms with Crippen LogP contribution in [0.2, 0.25) is 0 Å². The second-order valence-electron chi connectivity index (χ2n) is 8.27. The fourth-order valence-electron chi connectivity index (χ4n) is 4.03. The average molecular weight is 436 g/mol. The van der Waals surface area contributed by atoms with E-state index in [2.05, 4.69) is 5.32 Å². The lowest BCUT2D eigenvalue weighted by Crippen LogP contribution is -2.22. The van der Waals surface area contributed by atoms with Gasteiger partial charge in [0.05, 0.1) is 12.2 Å². The van der Waals surface area contributed by atoms with E-state index >= 15 is 0 Å². The molecule has 4 nitrogen and oxygen atoms in total. The van der Waals surface area contributed by atoms with Gasteiger partial charge in [-0.2, -0.15) is 0 Å². The standard InChI is InChI=1S/C25H35F2NO3/c1-2-28-24(31)13-9-4-3-8-12-20-21(23(30)18-22(20)29)15-17-25(26,27)16-14-19-10-6-5-7-11-19/h3,5-8,10-11,15,17,20-23,29-30H,2,4,9,12-14,16,18H2,1H3,(H,28,31)/t20-,21-,22+,23-/m1/s1. The number of unbranched alkanes of at least 4 members (excludes halogenated alkanes) is 1. The molecular weight excluding hydrogens is 400 g/mol. The number of carbonyl (C=O) groups is 1. The Balaban J connectivity index is 1.84. The summed E-state index contributed by atoms with van der Waals surface area (Å²) in [5, 5.41) is 23.3. The average Bonchev–Trinajstić information content (AvgIpc) is 3.01. The summed E-state index contributed by atoms with van der Waals surface area (Å²) >= 11 is 0. The molecule has 0 spiro atoms. The predicted molar refractivity (Wildman–Crippen MR) is 119 cm³/mol. The zero-order valence-electron chi connectivity index (χ0n) is 18.2. The normalized spacial score (nSPS) is 24.3. The van der Waals surface area contributed by atoms with E-state index < -0.39 is 24.0 Å². The lowest BCUT2D eigenvalue weighted by atomic mass is 9.89. The van der Waals surface area contributed by atoms with E-state index in [1.807, 2.05) is 49.4 Å². The number of rotatable bonds is 12. The van der Waals surface area contributed by atoms with Crippen LogP contribution in [0.15, 0.2) is 54.6 Å². The molecule has 0 heterocycles. The van der Waals surface area contributed by atoms with Crippen LogP contribution < -0.4 is 5.32 Å². The first kappa shape index (κ1) is 25.2. The van der Waals surface area contributed by atoms with Gasteiger partial charge in [0.2, 0.25) is 5.91 Å². The molecule has 172 valence electrons. The third-order valence-electron chi connectivity index (χ3n) is 5.79. The Kier molecular flexibility index (Phi) is 10.3. The number of allylic oxidation sites excluding steroid dienone is 3. The number of aryl methyl sites for hydroxylation is 1. The quantitative estimate of drug-likeness (QED) is 0.336. The van der Waals surface area contributed by atoms with Crippen molar-refractivity contribution >= 4 is 5.91 Å². The first-order chi connectivity index (χ1) is 14.8. The van der Waals surface area contributed by atoms with Crippen LogP contribution >= 0.6 is 0 Å². The predicted octanol–water partition coefficient (Wildman–Crippen LogP) is 4.42. The Bertz CT molecular complexity index is 721. The van der Waals surface area contributed by atoms with Crippen molar-refractivity contribution in [3.05, 3.63) is 60.2 Å². The minimum Gasteiger partial charge on any atom is -0.393 e. The third kappa shape index (κ3) is 8.91. The molecule has 0 bridgehead atoms. The maximum atomic E-state index is 14.3. The SMILES string of the molecule is CCNC(=O)CCCC=CC[C@@H]1[C@@H](C=CC(F)(F)CCc2ccccc2)[C@H](O)C[C@@H]1O. The smallest absolute Gasteiger partial charge is 0.266 e. The summed E-state index contributed by atoms with van der Waals surface area (Å²) in [7, 11) is 0. The minimum atomic E-state index is -2.97. The summed E-state index contributed by atoms with van der Waals surface area (Å²) in [6.45, 7) is 2.50. The van der Waals surface area contributed by atoms with Gasteiger partial charge in [0, 0.05) is 31.7 Å². The molecule has 4 atom stereocenters. The molecule has 1 aromatic rings. The number of halogens is 2. The maximum absolute atomic E-state index is 14.3. The van der Waals surface area contributed by atoms with Crippen LogP contribution in [0.5, 0.6) is 0 Å². The van der Waals surface area contributed by atoms with Crippen LogP contribution in [-0.2, 0) is 11.2 Å². The number of nitrogens with one attached hydrogen (secondary N) is 1. The Hall–Kier alpha value is -2.05. The molecule has 0 aromatic heterocycles.